The Morgan fingerprint density at radius 2 is 1.90 bits per heavy atom. The third-order valence-electron chi connectivity index (χ3n) is 4.44. The number of aliphatic imine (C=N–C) groups is 1. The largest absolute Gasteiger partial charge is 0.466 e. The van der Waals surface area contributed by atoms with Crippen LogP contribution in [-0.2, 0) is 14.3 Å². The van der Waals surface area contributed by atoms with Crippen molar-refractivity contribution < 1.29 is 14.3 Å². The number of carbonyl (C=O) groups excluding carboxylic acids is 2. The Labute approximate surface area is 180 Å². The first kappa shape index (κ1) is 21.6. The van der Waals surface area contributed by atoms with Crippen LogP contribution in [0.5, 0.6) is 0 Å². The molecular weight excluding hydrogens is 398 g/mol. The highest BCUT2D eigenvalue weighted by molar-refractivity contribution is 8.15. The van der Waals surface area contributed by atoms with Gasteiger partial charge in [0.25, 0.3) is 0 Å². The van der Waals surface area contributed by atoms with E-state index in [1.807, 2.05) is 62.4 Å². The number of benzene rings is 2. The summed E-state index contributed by atoms with van der Waals surface area (Å²) in [6.45, 7) is 5.90. The minimum atomic E-state index is -0.381. The van der Waals surface area contributed by atoms with E-state index in [4.69, 9.17) is 9.73 Å². The van der Waals surface area contributed by atoms with Crippen molar-refractivity contribution in [3.8, 4) is 0 Å². The van der Waals surface area contributed by atoms with Gasteiger partial charge in [0.05, 0.1) is 34.7 Å². The summed E-state index contributed by atoms with van der Waals surface area (Å²) < 4.78 is 5.07. The number of thioether (sulfide) groups is 1. The van der Waals surface area contributed by atoms with Gasteiger partial charge in [0, 0.05) is 11.4 Å². The average molecular weight is 424 g/mol. The standard InChI is InChI=1S/C23H25N3O3S/c1-4-29-22(27)14-17-13-21(25-20-12-8-7-11-19(20)24-17)30-16(3)23(28)26-18-10-6-5-9-15(18)2/h5-13,16,24H,4,14H2,1-3H3,(H,26,28). The molecule has 0 bridgehead atoms. The summed E-state index contributed by atoms with van der Waals surface area (Å²) >= 11 is 1.34. The Morgan fingerprint density at radius 1 is 1.17 bits per heavy atom. The van der Waals surface area contributed by atoms with Crippen molar-refractivity contribution in [3.05, 3.63) is 65.9 Å². The van der Waals surface area contributed by atoms with E-state index in [1.54, 1.807) is 13.0 Å². The van der Waals surface area contributed by atoms with Crippen LogP contribution in [0.25, 0.3) is 0 Å². The minimum absolute atomic E-state index is 0.103. The summed E-state index contributed by atoms with van der Waals surface area (Å²) in [4.78, 5) is 29.4. The fourth-order valence-electron chi connectivity index (χ4n) is 2.89. The first-order valence-corrected chi connectivity index (χ1v) is 10.7. The summed E-state index contributed by atoms with van der Waals surface area (Å²) in [6.07, 6.45) is 1.91. The molecule has 0 radical (unpaired) electrons. The fourth-order valence-corrected chi connectivity index (χ4v) is 3.78. The molecule has 3 rings (SSSR count). The molecular formula is C23H25N3O3S. The molecule has 1 unspecified atom stereocenters. The SMILES string of the molecule is CCOC(=O)CC1=CC(SC(C)C(=O)Nc2ccccc2C)=Nc2ccccc2N1. The van der Waals surface area contributed by atoms with Gasteiger partial charge < -0.3 is 15.4 Å². The zero-order chi connectivity index (χ0) is 21.5. The Balaban J connectivity index is 1.78. The molecule has 0 spiro atoms. The highest BCUT2D eigenvalue weighted by Crippen LogP contribution is 2.32. The maximum absolute atomic E-state index is 12.7. The number of esters is 1. The smallest absolute Gasteiger partial charge is 0.311 e. The van der Waals surface area contributed by atoms with Crippen LogP contribution in [0, 0.1) is 6.92 Å². The molecule has 1 heterocycles. The van der Waals surface area contributed by atoms with Crippen LogP contribution in [-0.4, -0.2) is 28.8 Å². The van der Waals surface area contributed by atoms with Gasteiger partial charge in [-0.15, -0.1) is 0 Å². The molecule has 2 N–H and O–H groups in total. The van der Waals surface area contributed by atoms with E-state index in [0.29, 0.717) is 17.3 Å². The molecule has 1 atom stereocenters. The quantitative estimate of drug-likeness (QED) is 0.636. The van der Waals surface area contributed by atoms with Crippen molar-refractivity contribution in [2.24, 2.45) is 4.99 Å². The van der Waals surface area contributed by atoms with Crippen LogP contribution in [0.2, 0.25) is 0 Å². The first-order valence-electron chi connectivity index (χ1n) is 9.80. The van der Waals surface area contributed by atoms with Gasteiger partial charge in [0.2, 0.25) is 5.91 Å². The molecule has 1 aliphatic heterocycles. The maximum Gasteiger partial charge on any atom is 0.311 e. The van der Waals surface area contributed by atoms with Crippen molar-refractivity contribution in [2.75, 3.05) is 17.2 Å². The lowest BCUT2D eigenvalue weighted by atomic mass is 10.2. The van der Waals surface area contributed by atoms with Gasteiger partial charge in [-0.25, -0.2) is 4.99 Å². The third-order valence-corrected chi connectivity index (χ3v) is 5.46. The highest BCUT2D eigenvalue weighted by Gasteiger charge is 2.20. The Kier molecular flexibility index (Phi) is 7.30. The number of nitrogens with zero attached hydrogens (tertiary/aromatic N) is 1. The van der Waals surface area contributed by atoms with Gasteiger partial charge in [-0.1, -0.05) is 42.1 Å². The summed E-state index contributed by atoms with van der Waals surface area (Å²) in [5.41, 5.74) is 4.03. The van der Waals surface area contributed by atoms with Crippen LogP contribution in [0.3, 0.4) is 0 Å². The van der Waals surface area contributed by atoms with Crippen molar-refractivity contribution >= 4 is 45.7 Å². The zero-order valence-corrected chi connectivity index (χ0v) is 18.1. The number of para-hydroxylation sites is 3. The molecule has 1 amide bonds. The Bertz CT molecular complexity index is 1000. The Morgan fingerprint density at radius 3 is 2.67 bits per heavy atom. The lowest BCUT2D eigenvalue weighted by Gasteiger charge is -2.13. The van der Waals surface area contributed by atoms with Crippen LogP contribution < -0.4 is 10.6 Å². The second kappa shape index (κ2) is 10.1. The molecule has 0 saturated heterocycles. The number of hydrogen-bond acceptors (Lipinski definition) is 6. The van der Waals surface area contributed by atoms with E-state index in [-0.39, 0.29) is 23.5 Å². The second-order valence-corrected chi connectivity index (χ2v) is 8.17. The lowest BCUT2D eigenvalue weighted by molar-refractivity contribution is -0.142. The predicted molar refractivity (Wildman–Crippen MR) is 123 cm³/mol. The van der Waals surface area contributed by atoms with Crippen molar-refractivity contribution in [1.29, 1.82) is 0 Å². The second-order valence-electron chi connectivity index (χ2n) is 6.81. The molecule has 0 aromatic heterocycles. The number of nitrogens with one attached hydrogen (secondary N) is 2. The van der Waals surface area contributed by atoms with Crippen molar-refractivity contribution in [3.63, 3.8) is 0 Å². The van der Waals surface area contributed by atoms with E-state index >= 15 is 0 Å². The monoisotopic (exact) mass is 423 g/mol. The van der Waals surface area contributed by atoms with E-state index in [1.165, 1.54) is 11.8 Å². The number of aryl methyl sites for hydroxylation is 1. The third kappa shape index (κ3) is 5.73. The molecule has 2 aromatic carbocycles. The number of fused-ring (bicyclic) bond motifs is 1. The molecule has 30 heavy (non-hydrogen) atoms. The molecule has 0 aliphatic carbocycles. The molecule has 2 aromatic rings. The van der Waals surface area contributed by atoms with Gasteiger partial charge in [0.15, 0.2) is 0 Å². The summed E-state index contributed by atoms with van der Waals surface area (Å²) in [6, 6.07) is 15.3. The maximum atomic E-state index is 12.7. The molecule has 0 fully saturated rings. The number of amides is 1. The molecule has 156 valence electrons. The van der Waals surface area contributed by atoms with Crippen molar-refractivity contribution in [2.45, 2.75) is 32.4 Å². The summed E-state index contributed by atoms with van der Waals surface area (Å²) in [5, 5.41) is 6.50. The van der Waals surface area contributed by atoms with Gasteiger partial charge in [-0.05, 0) is 50.6 Å². The van der Waals surface area contributed by atoms with Crippen LogP contribution in [0.4, 0.5) is 17.1 Å². The number of rotatable bonds is 6. The average Bonchev–Trinajstić information content (AvgIpc) is 2.88. The van der Waals surface area contributed by atoms with E-state index in [9.17, 15) is 9.59 Å². The molecule has 1 aliphatic rings. The van der Waals surface area contributed by atoms with Gasteiger partial charge in [-0.2, -0.15) is 0 Å². The predicted octanol–water partition coefficient (Wildman–Crippen LogP) is 5.05. The van der Waals surface area contributed by atoms with Crippen LogP contribution in [0.1, 0.15) is 25.8 Å². The first-order chi connectivity index (χ1) is 14.5. The molecule has 0 saturated carbocycles. The normalized spacial score (nSPS) is 13.7. The zero-order valence-electron chi connectivity index (χ0n) is 17.3. The highest BCUT2D eigenvalue weighted by atomic mass is 32.2. The van der Waals surface area contributed by atoms with Crippen molar-refractivity contribution in [1.82, 2.24) is 0 Å². The Hall–Kier alpha value is -3.06. The van der Waals surface area contributed by atoms with Gasteiger partial charge >= 0.3 is 5.97 Å². The van der Waals surface area contributed by atoms with E-state index in [0.717, 1.165) is 22.6 Å². The summed E-state index contributed by atoms with van der Waals surface area (Å²) in [5.74, 6) is -0.423. The fraction of sp³-hybridized carbons (Fsp3) is 0.261. The topological polar surface area (TPSA) is 79.8 Å². The van der Waals surface area contributed by atoms with E-state index in [2.05, 4.69) is 10.6 Å². The van der Waals surface area contributed by atoms with Crippen LogP contribution in [0.15, 0.2) is 65.3 Å². The number of carbonyl (C=O) groups is 2. The lowest BCUT2D eigenvalue weighted by Crippen LogP contribution is -2.24. The van der Waals surface area contributed by atoms with Crippen LogP contribution >= 0.6 is 11.8 Å². The van der Waals surface area contributed by atoms with E-state index < -0.39 is 0 Å². The molecule has 7 heteroatoms. The van der Waals surface area contributed by atoms with Gasteiger partial charge in [-0.3, -0.25) is 9.59 Å². The van der Waals surface area contributed by atoms with Gasteiger partial charge in [0.1, 0.15) is 0 Å². The number of anilines is 2. The minimum Gasteiger partial charge on any atom is -0.466 e. The molecule has 6 nitrogen and oxygen atoms in total. The summed E-state index contributed by atoms with van der Waals surface area (Å²) in [7, 11) is 0. The number of ether oxygens (including phenoxy) is 1. The number of hydrogen-bond donors (Lipinski definition) is 2.